The second-order valence-electron chi connectivity index (χ2n) is 8.58. The fraction of sp³-hybridized carbons (Fsp3) is 0.310. The van der Waals surface area contributed by atoms with Crippen LogP contribution in [0.3, 0.4) is 0 Å². The normalized spacial score (nSPS) is 19.9. The van der Waals surface area contributed by atoms with Crippen LogP contribution in [0.4, 0.5) is 15.9 Å². The van der Waals surface area contributed by atoms with Crippen LogP contribution in [0.2, 0.25) is 5.02 Å². The monoisotopic (exact) mass is 553 g/mol. The van der Waals surface area contributed by atoms with Crippen LogP contribution in [0.1, 0.15) is 11.1 Å². The van der Waals surface area contributed by atoms with Gasteiger partial charge in [-0.25, -0.2) is 14.4 Å². The number of nitrogens with zero attached hydrogens (tertiary/aromatic N) is 2. The molecule has 0 spiro atoms. The van der Waals surface area contributed by atoms with E-state index < -0.39 is 17.2 Å². The molecule has 1 aliphatic rings. The van der Waals surface area contributed by atoms with Crippen molar-refractivity contribution in [1.82, 2.24) is 9.97 Å². The number of terminal acetylenes is 1. The van der Waals surface area contributed by atoms with Crippen LogP contribution in [0, 0.1) is 18.2 Å². The SMILES string of the molecule is C#Cc1cccc(C2(OCCOC)C=c3c(Nc4ccc(F)c(Cl)c4)ncnc3=CC2(OC)OCCOC)c1. The van der Waals surface area contributed by atoms with Gasteiger partial charge in [0.25, 0.3) is 0 Å². The van der Waals surface area contributed by atoms with Gasteiger partial charge in [0.1, 0.15) is 18.0 Å². The van der Waals surface area contributed by atoms with Crippen LogP contribution in [-0.4, -0.2) is 63.5 Å². The number of hydrogen-bond donors (Lipinski definition) is 1. The molecule has 0 fully saturated rings. The van der Waals surface area contributed by atoms with Gasteiger partial charge in [0.05, 0.1) is 36.8 Å². The Bertz CT molecular complexity index is 1480. The van der Waals surface area contributed by atoms with Crippen molar-refractivity contribution in [2.75, 3.05) is 53.1 Å². The van der Waals surface area contributed by atoms with Crippen molar-refractivity contribution in [1.29, 1.82) is 0 Å². The van der Waals surface area contributed by atoms with E-state index in [-0.39, 0.29) is 18.2 Å². The van der Waals surface area contributed by atoms with Gasteiger partial charge in [0.15, 0.2) is 5.60 Å². The minimum Gasteiger partial charge on any atom is -0.382 e. The molecule has 8 nitrogen and oxygen atoms in total. The molecule has 1 N–H and O–H groups in total. The quantitative estimate of drug-likeness (QED) is 0.208. The van der Waals surface area contributed by atoms with Crippen molar-refractivity contribution in [3.63, 3.8) is 0 Å². The summed E-state index contributed by atoms with van der Waals surface area (Å²) in [7, 11) is 4.70. The number of rotatable bonds is 12. The smallest absolute Gasteiger partial charge is 0.228 e. The van der Waals surface area contributed by atoms with Gasteiger partial charge < -0.3 is 29.0 Å². The number of fused-ring (bicyclic) bond motifs is 1. The zero-order valence-corrected chi connectivity index (χ0v) is 22.6. The first-order chi connectivity index (χ1) is 18.9. The summed E-state index contributed by atoms with van der Waals surface area (Å²) < 4.78 is 43.4. The summed E-state index contributed by atoms with van der Waals surface area (Å²) in [6.45, 7) is 1.00. The summed E-state index contributed by atoms with van der Waals surface area (Å²) in [5.74, 6) is 1.11. The van der Waals surface area contributed by atoms with Crippen molar-refractivity contribution in [3.05, 3.63) is 81.3 Å². The Hall–Kier alpha value is -3.36. The van der Waals surface area contributed by atoms with E-state index in [1.54, 1.807) is 26.4 Å². The molecule has 204 valence electrons. The minimum atomic E-state index is -1.48. The lowest BCUT2D eigenvalue weighted by molar-refractivity contribution is -0.274. The van der Waals surface area contributed by atoms with Gasteiger partial charge in [-0.2, -0.15) is 0 Å². The first-order valence-corrected chi connectivity index (χ1v) is 12.5. The summed E-state index contributed by atoms with van der Waals surface area (Å²) in [6.07, 6.45) is 10.7. The predicted molar refractivity (Wildman–Crippen MR) is 146 cm³/mol. The predicted octanol–water partition coefficient (Wildman–Crippen LogP) is 3.13. The molecule has 1 aliphatic carbocycles. The fourth-order valence-corrected chi connectivity index (χ4v) is 4.58. The molecule has 10 heteroatoms. The number of nitrogens with one attached hydrogen (secondary N) is 1. The molecular weight excluding hydrogens is 525 g/mol. The molecule has 3 aromatic rings. The summed E-state index contributed by atoms with van der Waals surface area (Å²) >= 11 is 6.01. The third kappa shape index (κ3) is 5.82. The molecule has 2 aromatic carbocycles. The van der Waals surface area contributed by atoms with E-state index in [1.165, 1.54) is 25.6 Å². The van der Waals surface area contributed by atoms with Gasteiger partial charge in [-0.05, 0) is 42.0 Å². The molecule has 0 aliphatic heterocycles. The summed E-state index contributed by atoms with van der Waals surface area (Å²) in [5.41, 5.74) is 0.493. The molecule has 0 saturated carbocycles. The molecular formula is C29H29ClFN3O5. The van der Waals surface area contributed by atoms with Gasteiger partial charge in [-0.1, -0.05) is 29.7 Å². The second kappa shape index (κ2) is 12.7. The number of hydrogen-bond acceptors (Lipinski definition) is 8. The van der Waals surface area contributed by atoms with E-state index in [1.807, 2.05) is 30.3 Å². The lowest BCUT2D eigenvalue weighted by Crippen LogP contribution is -2.60. The van der Waals surface area contributed by atoms with Crippen molar-refractivity contribution in [3.8, 4) is 12.3 Å². The molecule has 2 atom stereocenters. The van der Waals surface area contributed by atoms with Crippen LogP contribution in [0.15, 0.2) is 48.8 Å². The topological polar surface area (TPSA) is 84.0 Å². The highest BCUT2D eigenvalue weighted by molar-refractivity contribution is 6.31. The van der Waals surface area contributed by atoms with Crippen molar-refractivity contribution >= 4 is 35.3 Å². The number of ether oxygens (including phenoxy) is 5. The molecule has 1 aromatic heterocycles. The second-order valence-corrected chi connectivity index (χ2v) is 8.99. The zero-order valence-electron chi connectivity index (χ0n) is 21.9. The number of halogens is 2. The molecule has 2 unspecified atom stereocenters. The first-order valence-electron chi connectivity index (χ1n) is 12.1. The average molecular weight is 554 g/mol. The third-order valence-electron chi connectivity index (χ3n) is 6.27. The maximum Gasteiger partial charge on any atom is 0.228 e. The number of benzene rings is 2. The Labute approximate surface area is 231 Å². The standard InChI is InChI=1S/C29H29ClFN3O5/c1-5-20-7-6-8-21(15-20)28(38-13-11-35-2)17-23-26(18-29(28,37-4)39-14-12-36-3)32-19-33-27(23)34-22-9-10-25(31)24(30)16-22/h1,6-10,15-19H,11-14H2,2-4H3,(H,32,33,34). The van der Waals surface area contributed by atoms with E-state index in [0.29, 0.717) is 46.4 Å². The molecule has 0 radical (unpaired) electrons. The minimum absolute atomic E-state index is 0.0215. The molecule has 39 heavy (non-hydrogen) atoms. The number of anilines is 2. The molecule has 0 amide bonds. The Kier molecular flexibility index (Phi) is 9.30. The maximum atomic E-state index is 13.8. The highest BCUT2D eigenvalue weighted by Crippen LogP contribution is 2.44. The van der Waals surface area contributed by atoms with Gasteiger partial charge in [-0.15, -0.1) is 6.42 Å². The van der Waals surface area contributed by atoms with Crippen molar-refractivity contribution in [2.24, 2.45) is 0 Å². The lowest BCUT2D eigenvalue weighted by atomic mass is 9.80. The average Bonchev–Trinajstić information content (AvgIpc) is 2.95. The Morgan fingerprint density at radius 2 is 1.74 bits per heavy atom. The van der Waals surface area contributed by atoms with Gasteiger partial charge in [-0.3, -0.25) is 0 Å². The maximum absolute atomic E-state index is 13.8. The van der Waals surface area contributed by atoms with E-state index in [0.717, 1.165) is 0 Å². The van der Waals surface area contributed by atoms with Crippen LogP contribution in [0.25, 0.3) is 12.2 Å². The zero-order chi connectivity index (χ0) is 27.9. The van der Waals surface area contributed by atoms with E-state index in [9.17, 15) is 4.39 Å². The number of aromatic nitrogens is 2. The molecule has 0 saturated heterocycles. The van der Waals surface area contributed by atoms with Crippen molar-refractivity contribution in [2.45, 2.75) is 11.4 Å². The van der Waals surface area contributed by atoms with Crippen LogP contribution >= 0.6 is 11.6 Å². The lowest BCUT2D eigenvalue weighted by Gasteiger charge is -2.47. The molecule has 0 bridgehead atoms. The summed E-state index contributed by atoms with van der Waals surface area (Å²) in [6, 6.07) is 11.7. The Morgan fingerprint density at radius 3 is 2.44 bits per heavy atom. The first kappa shape index (κ1) is 28.6. The van der Waals surface area contributed by atoms with Crippen LogP contribution in [0.5, 0.6) is 0 Å². The Morgan fingerprint density at radius 1 is 0.974 bits per heavy atom. The number of methoxy groups -OCH3 is 3. The molecule has 1 heterocycles. The highest BCUT2D eigenvalue weighted by atomic mass is 35.5. The Balaban J connectivity index is 1.99. The van der Waals surface area contributed by atoms with Gasteiger partial charge in [0, 0.05) is 43.9 Å². The van der Waals surface area contributed by atoms with E-state index >= 15 is 0 Å². The third-order valence-corrected chi connectivity index (χ3v) is 6.56. The summed E-state index contributed by atoms with van der Waals surface area (Å²) in [5, 5.41) is 4.32. The summed E-state index contributed by atoms with van der Waals surface area (Å²) in [4.78, 5) is 8.94. The van der Waals surface area contributed by atoms with Crippen molar-refractivity contribution < 1.29 is 28.1 Å². The van der Waals surface area contributed by atoms with E-state index in [2.05, 4.69) is 21.2 Å². The van der Waals surface area contributed by atoms with Crippen LogP contribution in [-0.2, 0) is 29.3 Å². The van der Waals surface area contributed by atoms with Crippen LogP contribution < -0.4 is 15.9 Å². The molecule has 4 rings (SSSR count). The largest absolute Gasteiger partial charge is 0.382 e. The highest BCUT2D eigenvalue weighted by Gasteiger charge is 2.55. The van der Waals surface area contributed by atoms with E-state index in [4.69, 9.17) is 41.7 Å². The van der Waals surface area contributed by atoms with Gasteiger partial charge in [0.2, 0.25) is 5.79 Å². The van der Waals surface area contributed by atoms with Gasteiger partial charge >= 0.3 is 0 Å². The fourth-order valence-electron chi connectivity index (χ4n) is 4.40.